The van der Waals surface area contributed by atoms with E-state index >= 15 is 0 Å². The van der Waals surface area contributed by atoms with Gasteiger partial charge in [0.15, 0.2) is 0 Å². The molecule has 0 radical (unpaired) electrons. The molecule has 0 unspecified atom stereocenters. The summed E-state index contributed by atoms with van der Waals surface area (Å²) in [7, 11) is 0. The number of fused-ring (bicyclic) bond motifs is 2. The summed E-state index contributed by atoms with van der Waals surface area (Å²) in [6.07, 6.45) is 1.40. The number of Topliss-reactive ketones (excluding diaryl/α,β-unsaturated/α-hetero) is 2. The minimum absolute atomic E-state index is 0.263. The van der Waals surface area contributed by atoms with E-state index in [1.165, 1.54) is 11.3 Å². The summed E-state index contributed by atoms with van der Waals surface area (Å²) in [4.78, 5) is 24.6. The number of carbonyl (C=O) groups is 2. The molecule has 0 N–H and O–H groups in total. The van der Waals surface area contributed by atoms with Crippen LogP contribution in [0.5, 0.6) is 0 Å². The standard InChI is InChI=1S/C13H12O3S/c1-13(2)5-3-7-9(14)10(15)8-4-6-17-12(8)11(7)16-13/h4,6H,3,5H2,1-2H3. The maximum absolute atomic E-state index is 11.9. The highest BCUT2D eigenvalue weighted by molar-refractivity contribution is 7.11. The van der Waals surface area contributed by atoms with E-state index in [9.17, 15) is 9.59 Å². The van der Waals surface area contributed by atoms with Gasteiger partial charge in [0.05, 0.1) is 4.88 Å². The molecule has 0 saturated carbocycles. The van der Waals surface area contributed by atoms with Gasteiger partial charge < -0.3 is 4.74 Å². The molecule has 4 heteroatoms. The quantitative estimate of drug-likeness (QED) is 0.663. The molecule has 0 bridgehead atoms. The number of ketones is 2. The topological polar surface area (TPSA) is 43.4 Å². The van der Waals surface area contributed by atoms with Crippen LogP contribution in [0.4, 0.5) is 0 Å². The molecule has 1 aliphatic heterocycles. The van der Waals surface area contributed by atoms with Crippen LogP contribution in [-0.2, 0) is 9.53 Å². The lowest BCUT2D eigenvalue weighted by Crippen LogP contribution is -2.34. The summed E-state index contributed by atoms with van der Waals surface area (Å²) in [6, 6.07) is 1.70. The third kappa shape index (κ3) is 1.47. The number of carbonyl (C=O) groups excluding carboxylic acids is 2. The van der Waals surface area contributed by atoms with E-state index in [-0.39, 0.29) is 17.2 Å². The normalized spacial score (nSPS) is 22.0. The van der Waals surface area contributed by atoms with Gasteiger partial charge in [-0.25, -0.2) is 0 Å². The van der Waals surface area contributed by atoms with Crippen molar-refractivity contribution in [2.75, 3.05) is 0 Å². The first-order valence-electron chi connectivity index (χ1n) is 5.59. The Balaban J connectivity index is 2.20. The Morgan fingerprint density at radius 1 is 1.29 bits per heavy atom. The van der Waals surface area contributed by atoms with E-state index in [0.29, 0.717) is 23.3 Å². The predicted molar refractivity (Wildman–Crippen MR) is 65.0 cm³/mol. The van der Waals surface area contributed by atoms with Gasteiger partial charge in [-0.1, -0.05) is 0 Å². The van der Waals surface area contributed by atoms with Crippen molar-refractivity contribution in [3.05, 3.63) is 27.5 Å². The molecule has 0 amide bonds. The summed E-state index contributed by atoms with van der Waals surface area (Å²) in [5.41, 5.74) is 0.793. The third-order valence-electron chi connectivity index (χ3n) is 3.23. The van der Waals surface area contributed by atoms with Gasteiger partial charge in [0, 0.05) is 11.1 Å². The monoisotopic (exact) mass is 248 g/mol. The molecule has 1 aromatic heterocycles. The lowest BCUT2D eigenvalue weighted by Gasteiger charge is -2.35. The van der Waals surface area contributed by atoms with Gasteiger partial charge in [-0.15, -0.1) is 11.3 Å². The minimum atomic E-state index is -0.388. The van der Waals surface area contributed by atoms with E-state index < -0.39 is 0 Å². The second kappa shape index (κ2) is 3.29. The average Bonchev–Trinajstić information content (AvgIpc) is 2.73. The molecular weight excluding hydrogens is 236 g/mol. The molecule has 1 aliphatic carbocycles. The highest BCUT2D eigenvalue weighted by Crippen LogP contribution is 2.42. The van der Waals surface area contributed by atoms with Crippen molar-refractivity contribution in [3.8, 4) is 0 Å². The number of rotatable bonds is 0. The van der Waals surface area contributed by atoms with Crippen LogP contribution in [0.1, 0.15) is 41.9 Å². The Labute approximate surface area is 103 Å². The van der Waals surface area contributed by atoms with Crippen LogP contribution in [-0.4, -0.2) is 17.2 Å². The van der Waals surface area contributed by atoms with E-state index in [0.717, 1.165) is 11.3 Å². The fourth-order valence-corrected chi connectivity index (χ4v) is 3.15. The van der Waals surface area contributed by atoms with Gasteiger partial charge in [-0.05, 0) is 38.1 Å². The first-order chi connectivity index (χ1) is 7.99. The summed E-state index contributed by atoms with van der Waals surface area (Å²) < 4.78 is 5.90. The molecule has 0 aromatic carbocycles. The fraction of sp³-hybridized carbons (Fsp3) is 0.385. The molecule has 0 spiro atoms. The molecule has 17 heavy (non-hydrogen) atoms. The van der Waals surface area contributed by atoms with Crippen LogP contribution in [0.25, 0.3) is 5.76 Å². The molecule has 1 aromatic rings. The van der Waals surface area contributed by atoms with Crippen LogP contribution in [0, 0.1) is 0 Å². The molecule has 0 fully saturated rings. The maximum atomic E-state index is 11.9. The molecule has 0 atom stereocenters. The Morgan fingerprint density at radius 3 is 2.82 bits per heavy atom. The molecule has 0 saturated heterocycles. The van der Waals surface area contributed by atoms with Crippen molar-refractivity contribution in [1.82, 2.24) is 0 Å². The largest absolute Gasteiger partial charge is 0.486 e. The zero-order chi connectivity index (χ0) is 12.2. The SMILES string of the molecule is CC1(C)CCC2=C(O1)c1sccc1C(=O)C2=O. The lowest BCUT2D eigenvalue weighted by molar-refractivity contribution is -0.112. The fourth-order valence-electron chi connectivity index (χ4n) is 2.25. The van der Waals surface area contributed by atoms with Gasteiger partial charge in [-0.2, -0.15) is 0 Å². The number of ether oxygens (including phenoxy) is 1. The molecule has 2 heterocycles. The first-order valence-corrected chi connectivity index (χ1v) is 6.47. The Bertz CT molecular complexity index is 563. The first kappa shape index (κ1) is 10.7. The van der Waals surface area contributed by atoms with Crippen molar-refractivity contribution in [3.63, 3.8) is 0 Å². The summed E-state index contributed by atoms with van der Waals surface area (Å²) in [5, 5.41) is 1.83. The summed E-state index contributed by atoms with van der Waals surface area (Å²) >= 11 is 1.46. The Hall–Kier alpha value is -1.42. The second-order valence-electron chi connectivity index (χ2n) is 4.99. The molecule has 88 valence electrons. The minimum Gasteiger partial charge on any atom is -0.486 e. The Kier molecular flexibility index (Phi) is 2.08. The van der Waals surface area contributed by atoms with Crippen molar-refractivity contribution in [2.24, 2.45) is 0 Å². The molecule has 3 nitrogen and oxygen atoms in total. The zero-order valence-electron chi connectivity index (χ0n) is 9.70. The Morgan fingerprint density at radius 2 is 2.06 bits per heavy atom. The van der Waals surface area contributed by atoms with Gasteiger partial charge in [0.25, 0.3) is 0 Å². The smallest absolute Gasteiger partial charge is 0.234 e. The van der Waals surface area contributed by atoms with Gasteiger partial charge >= 0.3 is 0 Å². The van der Waals surface area contributed by atoms with Crippen molar-refractivity contribution < 1.29 is 14.3 Å². The number of hydrogen-bond acceptors (Lipinski definition) is 4. The van der Waals surface area contributed by atoms with Gasteiger partial charge in [0.2, 0.25) is 11.6 Å². The van der Waals surface area contributed by atoms with Crippen LogP contribution in [0.2, 0.25) is 0 Å². The van der Waals surface area contributed by atoms with Crippen LogP contribution < -0.4 is 0 Å². The number of hydrogen-bond donors (Lipinski definition) is 0. The van der Waals surface area contributed by atoms with Gasteiger partial charge in [0.1, 0.15) is 11.4 Å². The van der Waals surface area contributed by atoms with Crippen molar-refractivity contribution in [1.29, 1.82) is 0 Å². The molecule has 2 aliphatic rings. The zero-order valence-corrected chi connectivity index (χ0v) is 10.5. The van der Waals surface area contributed by atoms with Crippen LogP contribution in [0.15, 0.2) is 17.0 Å². The maximum Gasteiger partial charge on any atom is 0.234 e. The van der Waals surface area contributed by atoms with Crippen LogP contribution >= 0.6 is 11.3 Å². The highest BCUT2D eigenvalue weighted by Gasteiger charge is 2.40. The second-order valence-corrected chi connectivity index (χ2v) is 5.91. The van der Waals surface area contributed by atoms with Crippen LogP contribution in [0.3, 0.4) is 0 Å². The highest BCUT2D eigenvalue weighted by atomic mass is 32.1. The predicted octanol–water partition coefficient (Wildman–Crippen LogP) is 2.81. The molecular formula is C13H12O3S. The lowest BCUT2D eigenvalue weighted by atomic mass is 9.86. The van der Waals surface area contributed by atoms with E-state index in [1.807, 2.05) is 19.2 Å². The number of thiophene rings is 1. The van der Waals surface area contributed by atoms with Gasteiger partial charge in [-0.3, -0.25) is 9.59 Å². The molecule has 3 rings (SSSR count). The summed E-state index contributed by atoms with van der Waals surface area (Å²) in [6.45, 7) is 4.01. The third-order valence-corrected chi connectivity index (χ3v) is 4.14. The van der Waals surface area contributed by atoms with Crippen molar-refractivity contribution >= 4 is 28.7 Å². The average molecular weight is 248 g/mol. The van der Waals surface area contributed by atoms with E-state index in [1.54, 1.807) is 6.07 Å². The van der Waals surface area contributed by atoms with Crippen molar-refractivity contribution in [2.45, 2.75) is 32.3 Å². The van der Waals surface area contributed by atoms with E-state index in [4.69, 9.17) is 4.74 Å². The van der Waals surface area contributed by atoms with E-state index in [2.05, 4.69) is 0 Å². The summed E-state index contributed by atoms with van der Waals surface area (Å²) in [5.74, 6) is -0.138. The number of allylic oxidation sites excluding steroid dienone is 1.